The number of carbonyl (C=O) groups is 1. The van der Waals surface area contributed by atoms with Crippen molar-refractivity contribution in [3.63, 3.8) is 0 Å². The van der Waals surface area contributed by atoms with Crippen LogP contribution in [0.3, 0.4) is 0 Å². The molecule has 1 amide bonds. The number of aromatic amines is 1. The molecule has 166 valence electrons. The highest BCUT2D eigenvalue weighted by atomic mass is 32.2. The quantitative estimate of drug-likeness (QED) is 0.311. The molecule has 6 rings (SSSR count). The Bertz CT molecular complexity index is 1580. The van der Waals surface area contributed by atoms with Gasteiger partial charge in [0, 0.05) is 39.6 Å². The van der Waals surface area contributed by atoms with Gasteiger partial charge in [0.05, 0.1) is 11.1 Å². The van der Waals surface area contributed by atoms with Crippen molar-refractivity contribution in [1.82, 2.24) is 9.97 Å². The molecule has 1 aliphatic rings. The normalized spacial score (nSPS) is 13.2. The maximum Gasteiger partial charge on any atom is 0.259 e. The number of thiophene rings is 1. The van der Waals surface area contributed by atoms with Crippen molar-refractivity contribution in [3.8, 4) is 0 Å². The van der Waals surface area contributed by atoms with Gasteiger partial charge in [0.1, 0.15) is 21.8 Å². The number of aromatic nitrogens is 2. The minimum Gasteiger partial charge on any atom is -0.456 e. The number of hydrogen-bond acceptors (Lipinski definition) is 6. The predicted octanol–water partition coefficient (Wildman–Crippen LogP) is 5.63. The molecular formula is C25H21N3O3S2. The van der Waals surface area contributed by atoms with Crippen LogP contribution in [0.15, 0.2) is 51.7 Å². The third-order valence-electron chi connectivity index (χ3n) is 6.00. The summed E-state index contributed by atoms with van der Waals surface area (Å²) in [5.74, 6) is 1.84. The van der Waals surface area contributed by atoms with Crippen LogP contribution in [0.2, 0.25) is 0 Å². The fraction of sp³-hybridized carbons (Fsp3) is 0.240. The van der Waals surface area contributed by atoms with Crippen LogP contribution in [0.5, 0.6) is 0 Å². The molecule has 0 aliphatic heterocycles. The fourth-order valence-electron chi connectivity index (χ4n) is 4.48. The zero-order valence-electron chi connectivity index (χ0n) is 17.8. The van der Waals surface area contributed by atoms with Crippen molar-refractivity contribution in [1.29, 1.82) is 0 Å². The molecule has 0 spiro atoms. The Balaban J connectivity index is 1.06. The maximum absolute atomic E-state index is 12.5. The summed E-state index contributed by atoms with van der Waals surface area (Å²) in [5, 5.41) is 5.83. The van der Waals surface area contributed by atoms with E-state index in [4.69, 9.17) is 4.42 Å². The lowest BCUT2D eigenvalue weighted by Gasteiger charge is -2.05. The van der Waals surface area contributed by atoms with Gasteiger partial charge in [0.15, 0.2) is 0 Å². The molecule has 6 nitrogen and oxygen atoms in total. The summed E-state index contributed by atoms with van der Waals surface area (Å²) in [5.41, 5.74) is 3.48. The third-order valence-corrected chi connectivity index (χ3v) is 8.15. The Hall–Kier alpha value is -3.10. The van der Waals surface area contributed by atoms with Gasteiger partial charge < -0.3 is 14.7 Å². The van der Waals surface area contributed by atoms with Crippen molar-refractivity contribution in [2.75, 3.05) is 11.1 Å². The van der Waals surface area contributed by atoms with Crippen molar-refractivity contribution in [2.45, 2.75) is 31.4 Å². The number of thioether (sulfide) groups is 1. The number of aryl methyl sites for hydroxylation is 2. The molecule has 0 radical (unpaired) electrons. The van der Waals surface area contributed by atoms with Crippen LogP contribution in [0.4, 0.5) is 5.69 Å². The summed E-state index contributed by atoms with van der Waals surface area (Å²) in [6, 6.07) is 13.6. The minimum absolute atomic E-state index is 0.0336. The molecule has 33 heavy (non-hydrogen) atoms. The van der Waals surface area contributed by atoms with Gasteiger partial charge in [-0.3, -0.25) is 9.59 Å². The third kappa shape index (κ3) is 3.83. The first-order valence-corrected chi connectivity index (χ1v) is 13.0. The molecule has 0 unspecified atom stereocenters. The molecule has 5 aromatic rings. The molecule has 1 aliphatic carbocycles. The zero-order chi connectivity index (χ0) is 22.4. The van der Waals surface area contributed by atoms with Crippen LogP contribution in [0.25, 0.3) is 32.2 Å². The SMILES string of the molecule is O=C(CCSCc1nc2sc3c(c2c(=O)[nH]1)CCC3)Nc1ccc2c(c1)oc1ccccc12. The van der Waals surface area contributed by atoms with Crippen molar-refractivity contribution in [3.05, 3.63) is 69.1 Å². The van der Waals surface area contributed by atoms with Gasteiger partial charge in [0.25, 0.3) is 5.56 Å². The van der Waals surface area contributed by atoms with Crippen LogP contribution in [0.1, 0.15) is 29.1 Å². The monoisotopic (exact) mass is 475 g/mol. The first-order valence-electron chi connectivity index (χ1n) is 11.0. The molecule has 3 heterocycles. The first kappa shape index (κ1) is 20.5. The highest BCUT2D eigenvalue weighted by molar-refractivity contribution is 7.98. The van der Waals surface area contributed by atoms with Gasteiger partial charge >= 0.3 is 0 Å². The van der Waals surface area contributed by atoms with E-state index in [9.17, 15) is 9.59 Å². The van der Waals surface area contributed by atoms with E-state index in [0.29, 0.717) is 23.8 Å². The largest absolute Gasteiger partial charge is 0.456 e. The topological polar surface area (TPSA) is 88.0 Å². The van der Waals surface area contributed by atoms with Gasteiger partial charge in [-0.15, -0.1) is 11.3 Å². The number of nitrogens with one attached hydrogen (secondary N) is 2. The van der Waals surface area contributed by atoms with E-state index in [1.165, 1.54) is 10.4 Å². The number of rotatable bonds is 6. The van der Waals surface area contributed by atoms with Crippen LogP contribution >= 0.6 is 23.1 Å². The molecule has 2 N–H and O–H groups in total. The van der Waals surface area contributed by atoms with E-state index in [1.54, 1.807) is 23.1 Å². The van der Waals surface area contributed by atoms with Crippen LogP contribution in [0, 0.1) is 0 Å². The smallest absolute Gasteiger partial charge is 0.259 e. The summed E-state index contributed by atoms with van der Waals surface area (Å²) in [6.07, 6.45) is 3.54. The van der Waals surface area contributed by atoms with Gasteiger partial charge in [-0.1, -0.05) is 18.2 Å². The number of H-pyrrole nitrogens is 1. The first-order chi connectivity index (χ1) is 16.2. The molecule has 0 bridgehead atoms. The molecule has 8 heteroatoms. The highest BCUT2D eigenvalue weighted by Crippen LogP contribution is 2.34. The van der Waals surface area contributed by atoms with Gasteiger partial charge in [0.2, 0.25) is 5.91 Å². The summed E-state index contributed by atoms with van der Waals surface area (Å²) in [7, 11) is 0. The Morgan fingerprint density at radius 2 is 2.03 bits per heavy atom. The Morgan fingerprint density at radius 1 is 1.15 bits per heavy atom. The van der Waals surface area contributed by atoms with E-state index < -0.39 is 0 Å². The number of amides is 1. The summed E-state index contributed by atoms with van der Waals surface area (Å²) < 4.78 is 5.89. The maximum atomic E-state index is 12.5. The molecule has 0 saturated carbocycles. The van der Waals surface area contributed by atoms with Crippen LogP contribution in [-0.2, 0) is 23.4 Å². The summed E-state index contributed by atoms with van der Waals surface area (Å²) in [6.45, 7) is 0. The standard InChI is InChI=1S/C25H21N3O3S2/c29-22(26-14-8-9-16-15-4-1-2-6-18(15)31-19(16)12-14)10-11-32-13-21-27-24(30)23-17-5-3-7-20(17)33-25(23)28-21/h1-2,4,6,8-9,12H,3,5,7,10-11,13H2,(H,26,29)(H,27,28,30). The van der Waals surface area contributed by atoms with Crippen LogP contribution in [-0.4, -0.2) is 21.6 Å². The number of carbonyl (C=O) groups excluding carboxylic acids is 1. The summed E-state index contributed by atoms with van der Waals surface area (Å²) in [4.78, 5) is 34.7. The fourth-order valence-corrected chi connectivity index (χ4v) is 6.56. The lowest BCUT2D eigenvalue weighted by molar-refractivity contribution is -0.115. The van der Waals surface area contributed by atoms with E-state index in [0.717, 1.165) is 57.1 Å². The van der Waals surface area contributed by atoms with Crippen molar-refractivity contribution < 1.29 is 9.21 Å². The number of para-hydroxylation sites is 1. The Labute approximate surface area is 197 Å². The Kier molecular flexibility index (Phi) is 5.19. The number of nitrogens with zero attached hydrogens (tertiary/aromatic N) is 1. The molecule has 3 aromatic heterocycles. The predicted molar refractivity (Wildman–Crippen MR) is 135 cm³/mol. The van der Waals surface area contributed by atoms with Crippen molar-refractivity contribution in [2.24, 2.45) is 0 Å². The van der Waals surface area contributed by atoms with Gasteiger partial charge in [-0.2, -0.15) is 11.8 Å². The number of fused-ring (bicyclic) bond motifs is 6. The number of furan rings is 1. The lowest BCUT2D eigenvalue weighted by atomic mass is 10.1. The van der Waals surface area contributed by atoms with Gasteiger partial charge in [-0.25, -0.2) is 4.98 Å². The van der Waals surface area contributed by atoms with E-state index in [1.807, 2.05) is 42.5 Å². The van der Waals surface area contributed by atoms with E-state index in [-0.39, 0.29) is 11.5 Å². The molecular weight excluding hydrogens is 454 g/mol. The average Bonchev–Trinajstić information content (AvgIpc) is 3.48. The van der Waals surface area contributed by atoms with Gasteiger partial charge in [-0.05, 0) is 43.0 Å². The number of anilines is 1. The molecule has 0 saturated heterocycles. The second kappa shape index (κ2) is 8.35. The average molecular weight is 476 g/mol. The number of benzene rings is 2. The minimum atomic E-state index is -0.0513. The molecule has 2 aromatic carbocycles. The van der Waals surface area contributed by atoms with E-state index in [2.05, 4.69) is 15.3 Å². The lowest BCUT2D eigenvalue weighted by Crippen LogP contribution is -2.13. The molecule has 0 atom stereocenters. The molecule has 0 fully saturated rings. The highest BCUT2D eigenvalue weighted by Gasteiger charge is 2.21. The zero-order valence-corrected chi connectivity index (χ0v) is 19.4. The van der Waals surface area contributed by atoms with E-state index >= 15 is 0 Å². The Morgan fingerprint density at radius 3 is 2.97 bits per heavy atom. The summed E-state index contributed by atoms with van der Waals surface area (Å²) >= 11 is 3.24. The van der Waals surface area contributed by atoms with Crippen molar-refractivity contribution >= 4 is 66.8 Å². The van der Waals surface area contributed by atoms with Crippen LogP contribution < -0.4 is 10.9 Å². The number of hydrogen-bond donors (Lipinski definition) is 2. The second-order valence-corrected chi connectivity index (χ2v) is 10.4. The second-order valence-electron chi connectivity index (χ2n) is 8.21.